The summed E-state index contributed by atoms with van der Waals surface area (Å²) in [7, 11) is 0. The summed E-state index contributed by atoms with van der Waals surface area (Å²) in [6, 6.07) is 16.2. The lowest BCUT2D eigenvalue weighted by Gasteiger charge is -2.06. The van der Waals surface area contributed by atoms with Gasteiger partial charge in [0, 0.05) is 20.3 Å². The quantitative estimate of drug-likeness (QED) is 0.736. The molecule has 0 amide bonds. The van der Waals surface area contributed by atoms with Crippen LogP contribution in [-0.2, 0) is 6.61 Å². The number of hydrogen-bond acceptors (Lipinski definition) is 2. The molecule has 0 spiro atoms. The second kappa shape index (κ2) is 5.41. The van der Waals surface area contributed by atoms with E-state index in [1.54, 1.807) is 11.8 Å². The van der Waals surface area contributed by atoms with Gasteiger partial charge in [-0.1, -0.05) is 52.0 Å². The van der Waals surface area contributed by atoms with Crippen molar-refractivity contribution in [2.75, 3.05) is 0 Å². The molecule has 3 aromatic rings. The van der Waals surface area contributed by atoms with Crippen molar-refractivity contribution >= 4 is 38.6 Å². The molecule has 0 aliphatic heterocycles. The molecule has 0 aliphatic carbocycles. The highest BCUT2D eigenvalue weighted by Crippen LogP contribution is 2.33. The average Bonchev–Trinajstić information content (AvgIpc) is 2.81. The standard InChI is InChI=1S/C15H12BrNOS/c16-12-6-5-11(9-18)14(8-12)19-15-7-10-3-1-2-4-13(10)17-15/h1-8,17-18H,9H2. The van der Waals surface area contributed by atoms with Crippen molar-refractivity contribution in [2.45, 2.75) is 16.5 Å². The number of aliphatic hydroxyl groups is 1. The minimum atomic E-state index is 0.0514. The summed E-state index contributed by atoms with van der Waals surface area (Å²) in [6.45, 7) is 0.0514. The number of fused-ring (bicyclic) bond motifs is 1. The Morgan fingerprint density at radius 2 is 1.95 bits per heavy atom. The Labute approximate surface area is 124 Å². The van der Waals surface area contributed by atoms with E-state index in [-0.39, 0.29) is 6.61 Å². The molecule has 2 nitrogen and oxygen atoms in total. The number of nitrogens with one attached hydrogen (secondary N) is 1. The van der Waals surface area contributed by atoms with Crippen LogP contribution in [0, 0.1) is 0 Å². The first-order valence-electron chi connectivity index (χ1n) is 5.91. The predicted octanol–water partition coefficient (Wildman–Crippen LogP) is 4.57. The number of rotatable bonds is 3. The smallest absolute Gasteiger partial charge is 0.0781 e. The van der Waals surface area contributed by atoms with Crippen molar-refractivity contribution in [3.05, 3.63) is 58.6 Å². The minimum absolute atomic E-state index is 0.0514. The molecule has 0 atom stereocenters. The number of para-hydroxylation sites is 1. The minimum Gasteiger partial charge on any atom is -0.392 e. The van der Waals surface area contributed by atoms with Crippen LogP contribution >= 0.6 is 27.7 Å². The van der Waals surface area contributed by atoms with Gasteiger partial charge in [-0.3, -0.25) is 0 Å². The molecule has 0 saturated heterocycles. The lowest BCUT2D eigenvalue weighted by molar-refractivity contribution is 0.279. The lowest BCUT2D eigenvalue weighted by atomic mass is 10.2. The number of aromatic amines is 1. The summed E-state index contributed by atoms with van der Waals surface area (Å²) >= 11 is 5.10. The van der Waals surface area contributed by atoms with Gasteiger partial charge in [0.25, 0.3) is 0 Å². The van der Waals surface area contributed by atoms with Gasteiger partial charge in [0.15, 0.2) is 0 Å². The molecule has 0 aliphatic rings. The highest BCUT2D eigenvalue weighted by molar-refractivity contribution is 9.10. The van der Waals surface area contributed by atoms with Crippen LogP contribution in [-0.4, -0.2) is 10.1 Å². The highest BCUT2D eigenvalue weighted by atomic mass is 79.9. The van der Waals surface area contributed by atoms with Gasteiger partial charge in [-0.2, -0.15) is 0 Å². The van der Waals surface area contributed by atoms with Crippen LogP contribution in [0.2, 0.25) is 0 Å². The van der Waals surface area contributed by atoms with Gasteiger partial charge in [0.1, 0.15) is 0 Å². The Hall–Kier alpha value is -1.23. The Morgan fingerprint density at radius 3 is 2.74 bits per heavy atom. The van der Waals surface area contributed by atoms with E-state index in [1.165, 1.54) is 5.39 Å². The third-order valence-corrected chi connectivity index (χ3v) is 4.46. The summed E-state index contributed by atoms with van der Waals surface area (Å²) in [6.07, 6.45) is 0. The summed E-state index contributed by atoms with van der Waals surface area (Å²) in [4.78, 5) is 4.44. The molecule has 3 rings (SSSR count). The summed E-state index contributed by atoms with van der Waals surface area (Å²) < 4.78 is 1.02. The summed E-state index contributed by atoms with van der Waals surface area (Å²) in [5, 5.41) is 11.7. The van der Waals surface area contributed by atoms with Gasteiger partial charge < -0.3 is 10.1 Å². The molecule has 0 saturated carbocycles. The van der Waals surface area contributed by atoms with Crippen LogP contribution in [0.25, 0.3) is 10.9 Å². The Morgan fingerprint density at radius 1 is 1.11 bits per heavy atom. The fraction of sp³-hybridized carbons (Fsp3) is 0.0667. The first-order chi connectivity index (χ1) is 9.26. The van der Waals surface area contributed by atoms with Crippen LogP contribution in [0.1, 0.15) is 5.56 Å². The number of benzene rings is 2. The normalized spacial score (nSPS) is 11.1. The Balaban J connectivity index is 1.98. The average molecular weight is 334 g/mol. The van der Waals surface area contributed by atoms with Crippen molar-refractivity contribution in [1.82, 2.24) is 4.98 Å². The van der Waals surface area contributed by atoms with Gasteiger partial charge in [0.2, 0.25) is 0 Å². The number of H-pyrrole nitrogens is 1. The zero-order valence-electron chi connectivity index (χ0n) is 10.1. The van der Waals surface area contributed by atoms with Crippen molar-refractivity contribution in [1.29, 1.82) is 0 Å². The fourth-order valence-electron chi connectivity index (χ4n) is 1.97. The van der Waals surface area contributed by atoms with Crippen molar-refractivity contribution in [3.63, 3.8) is 0 Å². The van der Waals surface area contributed by atoms with Gasteiger partial charge in [-0.05, 0) is 29.8 Å². The first-order valence-corrected chi connectivity index (χ1v) is 7.52. The first kappa shape index (κ1) is 12.8. The van der Waals surface area contributed by atoms with E-state index in [0.29, 0.717) is 0 Å². The third kappa shape index (κ3) is 2.71. The second-order valence-corrected chi connectivity index (χ2v) is 6.23. The zero-order valence-corrected chi connectivity index (χ0v) is 12.5. The van der Waals surface area contributed by atoms with E-state index >= 15 is 0 Å². The molecule has 2 aromatic carbocycles. The van der Waals surface area contributed by atoms with E-state index in [2.05, 4.69) is 39.1 Å². The van der Waals surface area contributed by atoms with E-state index in [4.69, 9.17) is 0 Å². The maximum atomic E-state index is 9.39. The molecule has 2 N–H and O–H groups in total. The Bertz CT molecular complexity index is 690. The summed E-state index contributed by atoms with van der Waals surface area (Å²) in [5.74, 6) is 0. The van der Waals surface area contributed by atoms with Crippen LogP contribution in [0.5, 0.6) is 0 Å². The molecular formula is C15H12BrNOS. The van der Waals surface area contributed by atoms with Crippen molar-refractivity contribution < 1.29 is 5.11 Å². The predicted molar refractivity (Wildman–Crippen MR) is 82.5 cm³/mol. The molecule has 19 heavy (non-hydrogen) atoms. The Kier molecular flexibility index (Phi) is 3.64. The second-order valence-electron chi connectivity index (χ2n) is 4.23. The van der Waals surface area contributed by atoms with E-state index in [1.807, 2.05) is 30.3 Å². The van der Waals surface area contributed by atoms with E-state index in [0.717, 1.165) is 25.5 Å². The van der Waals surface area contributed by atoms with Gasteiger partial charge >= 0.3 is 0 Å². The third-order valence-electron chi connectivity index (χ3n) is 2.92. The van der Waals surface area contributed by atoms with Crippen molar-refractivity contribution in [2.24, 2.45) is 0 Å². The monoisotopic (exact) mass is 333 g/mol. The maximum absolute atomic E-state index is 9.39. The molecule has 0 radical (unpaired) electrons. The SMILES string of the molecule is OCc1ccc(Br)cc1Sc1cc2ccccc2[nH]1. The molecule has 4 heteroatoms. The van der Waals surface area contributed by atoms with Gasteiger partial charge in [0.05, 0.1) is 11.6 Å². The number of hydrogen-bond donors (Lipinski definition) is 2. The largest absolute Gasteiger partial charge is 0.392 e. The number of aromatic nitrogens is 1. The van der Waals surface area contributed by atoms with Crippen LogP contribution in [0.15, 0.2) is 62.9 Å². The fourth-order valence-corrected chi connectivity index (χ4v) is 3.52. The lowest BCUT2D eigenvalue weighted by Crippen LogP contribution is -1.87. The zero-order chi connectivity index (χ0) is 13.2. The van der Waals surface area contributed by atoms with Gasteiger partial charge in [-0.25, -0.2) is 0 Å². The van der Waals surface area contributed by atoms with E-state index < -0.39 is 0 Å². The highest BCUT2D eigenvalue weighted by Gasteiger charge is 2.07. The number of aliphatic hydroxyl groups excluding tert-OH is 1. The van der Waals surface area contributed by atoms with Crippen LogP contribution in [0.4, 0.5) is 0 Å². The van der Waals surface area contributed by atoms with E-state index in [9.17, 15) is 5.11 Å². The molecule has 96 valence electrons. The molecular weight excluding hydrogens is 322 g/mol. The molecule has 1 heterocycles. The van der Waals surface area contributed by atoms with Crippen LogP contribution in [0.3, 0.4) is 0 Å². The topological polar surface area (TPSA) is 36.0 Å². The molecule has 0 bridgehead atoms. The molecule has 0 fully saturated rings. The maximum Gasteiger partial charge on any atom is 0.0781 e. The van der Waals surface area contributed by atoms with Crippen LogP contribution < -0.4 is 0 Å². The molecule has 1 aromatic heterocycles. The summed E-state index contributed by atoms with van der Waals surface area (Å²) in [5.41, 5.74) is 2.07. The number of halogens is 1. The van der Waals surface area contributed by atoms with Crippen molar-refractivity contribution in [3.8, 4) is 0 Å². The molecule has 0 unspecified atom stereocenters. The van der Waals surface area contributed by atoms with Gasteiger partial charge in [-0.15, -0.1) is 0 Å².